The monoisotopic (exact) mass is 213 g/mol. The Morgan fingerprint density at radius 3 is 2.53 bits per heavy atom. The fourth-order valence-corrected chi connectivity index (χ4v) is 2.16. The Bertz CT molecular complexity index is 164. The zero-order chi connectivity index (χ0) is 11.3. The lowest BCUT2D eigenvalue weighted by Crippen LogP contribution is -2.42. The van der Waals surface area contributed by atoms with Crippen molar-refractivity contribution in [3.05, 3.63) is 0 Å². The summed E-state index contributed by atoms with van der Waals surface area (Å²) in [5.41, 5.74) is 5.63. The van der Waals surface area contributed by atoms with Gasteiger partial charge in [0.1, 0.15) is 0 Å². The molecule has 1 fully saturated rings. The van der Waals surface area contributed by atoms with Gasteiger partial charge in [0, 0.05) is 6.04 Å². The number of hydrogen-bond acceptors (Lipinski definition) is 3. The average molecular weight is 213 g/mol. The Morgan fingerprint density at radius 1 is 1.40 bits per heavy atom. The zero-order valence-electron chi connectivity index (χ0n) is 10.6. The second-order valence-corrected chi connectivity index (χ2v) is 5.14. The van der Waals surface area contributed by atoms with E-state index in [-0.39, 0.29) is 0 Å². The third-order valence-electron chi connectivity index (χ3n) is 3.69. The SMILES string of the molecule is CC(CN)CCN(C)C1CCN(C)CC1. The van der Waals surface area contributed by atoms with E-state index in [1.54, 1.807) is 0 Å². The summed E-state index contributed by atoms with van der Waals surface area (Å²) in [7, 11) is 4.48. The smallest absolute Gasteiger partial charge is 0.0117 e. The summed E-state index contributed by atoms with van der Waals surface area (Å²) < 4.78 is 0. The molecule has 0 spiro atoms. The van der Waals surface area contributed by atoms with E-state index in [9.17, 15) is 0 Å². The van der Waals surface area contributed by atoms with E-state index in [2.05, 4.69) is 30.8 Å². The van der Waals surface area contributed by atoms with Crippen molar-refractivity contribution in [3.63, 3.8) is 0 Å². The Balaban J connectivity index is 2.19. The van der Waals surface area contributed by atoms with Crippen LogP contribution >= 0.6 is 0 Å². The number of hydrogen-bond donors (Lipinski definition) is 1. The van der Waals surface area contributed by atoms with E-state index in [1.807, 2.05) is 0 Å². The van der Waals surface area contributed by atoms with Gasteiger partial charge in [-0.25, -0.2) is 0 Å². The lowest BCUT2D eigenvalue weighted by molar-refractivity contribution is 0.139. The number of piperidine rings is 1. The lowest BCUT2D eigenvalue weighted by atomic mass is 10.0. The Hall–Kier alpha value is -0.120. The molecule has 0 saturated carbocycles. The van der Waals surface area contributed by atoms with Crippen LogP contribution in [0.15, 0.2) is 0 Å². The summed E-state index contributed by atoms with van der Waals surface area (Å²) in [5.74, 6) is 0.665. The minimum Gasteiger partial charge on any atom is -0.330 e. The van der Waals surface area contributed by atoms with Crippen molar-refractivity contribution in [3.8, 4) is 0 Å². The van der Waals surface area contributed by atoms with Crippen molar-refractivity contribution in [2.75, 3.05) is 40.3 Å². The first kappa shape index (κ1) is 12.9. The second kappa shape index (κ2) is 6.46. The lowest BCUT2D eigenvalue weighted by Gasteiger charge is -2.35. The highest BCUT2D eigenvalue weighted by atomic mass is 15.2. The Labute approximate surface area is 94.6 Å². The van der Waals surface area contributed by atoms with Crippen molar-refractivity contribution in [1.29, 1.82) is 0 Å². The molecule has 0 aromatic carbocycles. The van der Waals surface area contributed by atoms with Gasteiger partial charge in [-0.3, -0.25) is 0 Å². The maximum absolute atomic E-state index is 5.63. The molecule has 0 radical (unpaired) electrons. The van der Waals surface area contributed by atoms with Crippen LogP contribution in [0.3, 0.4) is 0 Å². The van der Waals surface area contributed by atoms with Gasteiger partial charge in [-0.15, -0.1) is 0 Å². The molecule has 1 atom stereocenters. The molecule has 3 heteroatoms. The van der Waals surface area contributed by atoms with E-state index in [1.165, 1.54) is 38.9 Å². The van der Waals surface area contributed by atoms with E-state index in [4.69, 9.17) is 5.73 Å². The van der Waals surface area contributed by atoms with Crippen molar-refractivity contribution < 1.29 is 0 Å². The largest absolute Gasteiger partial charge is 0.330 e. The summed E-state index contributed by atoms with van der Waals surface area (Å²) in [5, 5.41) is 0. The molecular formula is C12H27N3. The van der Waals surface area contributed by atoms with Gasteiger partial charge in [-0.05, 0) is 65.5 Å². The van der Waals surface area contributed by atoms with Crippen LogP contribution in [0, 0.1) is 5.92 Å². The Kier molecular flexibility index (Phi) is 5.58. The third kappa shape index (κ3) is 4.49. The van der Waals surface area contributed by atoms with Crippen LogP contribution in [-0.2, 0) is 0 Å². The quantitative estimate of drug-likeness (QED) is 0.739. The molecule has 90 valence electrons. The molecule has 15 heavy (non-hydrogen) atoms. The predicted molar refractivity (Wildman–Crippen MR) is 66.0 cm³/mol. The molecule has 0 amide bonds. The van der Waals surface area contributed by atoms with E-state index < -0.39 is 0 Å². The molecule has 1 heterocycles. The highest BCUT2D eigenvalue weighted by molar-refractivity contribution is 4.77. The van der Waals surface area contributed by atoms with Gasteiger partial charge in [0.15, 0.2) is 0 Å². The molecule has 0 aliphatic carbocycles. The van der Waals surface area contributed by atoms with Crippen LogP contribution in [0.4, 0.5) is 0 Å². The van der Waals surface area contributed by atoms with Crippen molar-refractivity contribution in [2.24, 2.45) is 11.7 Å². The van der Waals surface area contributed by atoms with E-state index >= 15 is 0 Å². The second-order valence-electron chi connectivity index (χ2n) is 5.14. The topological polar surface area (TPSA) is 32.5 Å². The average Bonchev–Trinajstić information content (AvgIpc) is 2.26. The van der Waals surface area contributed by atoms with Crippen LogP contribution in [0.1, 0.15) is 26.2 Å². The minimum absolute atomic E-state index is 0.665. The highest BCUT2D eigenvalue weighted by Crippen LogP contribution is 2.15. The first-order valence-corrected chi connectivity index (χ1v) is 6.22. The number of rotatable bonds is 5. The molecular weight excluding hydrogens is 186 g/mol. The van der Waals surface area contributed by atoms with E-state index in [0.29, 0.717) is 5.92 Å². The van der Waals surface area contributed by atoms with Gasteiger partial charge in [-0.2, -0.15) is 0 Å². The fraction of sp³-hybridized carbons (Fsp3) is 1.00. The van der Waals surface area contributed by atoms with Crippen LogP contribution in [0.25, 0.3) is 0 Å². The third-order valence-corrected chi connectivity index (χ3v) is 3.69. The van der Waals surface area contributed by atoms with Gasteiger partial charge in [0.05, 0.1) is 0 Å². The molecule has 1 saturated heterocycles. The van der Waals surface area contributed by atoms with Crippen molar-refractivity contribution in [1.82, 2.24) is 9.80 Å². The first-order chi connectivity index (χ1) is 7.13. The molecule has 0 aromatic heterocycles. The summed E-state index contributed by atoms with van der Waals surface area (Å²) >= 11 is 0. The van der Waals surface area contributed by atoms with Gasteiger partial charge in [0.2, 0.25) is 0 Å². The molecule has 1 unspecified atom stereocenters. The van der Waals surface area contributed by atoms with Crippen LogP contribution in [0.2, 0.25) is 0 Å². The summed E-state index contributed by atoms with van der Waals surface area (Å²) in [4.78, 5) is 4.95. The van der Waals surface area contributed by atoms with Crippen molar-refractivity contribution >= 4 is 0 Å². The highest BCUT2D eigenvalue weighted by Gasteiger charge is 2.20. The first-order valence-electron chi connectivity index (χ1n) is 6.22. The molecule has 2 N–H and O–H groups in total. The number of nitrogens with two attached hydrogens (primary N) is 1. The van der Waals surface area contributed by atoms with E-state index in [0.717, 1.165) is 12.6 Å². The molecule has 0 bridgehead atoms. The van der Waals surface area contributed by atoms with Crippen molar-refractivity contribution in [2.45, 2.75) is 32.2 Å². The maximum atomic E-state index is 5.63. The van der Waals surface area contributed by atoms with Gasteiger partial charge >= 0.3 is 0 Å². The predicted octanol–water partition coefficient (Wildman–Crippen LogP) is 0.997. The summed E-state index contributed by atoms with van der Waals surface area (Å²) in [6.07, 6.45) is 3.88. The van der Waals surface area contributed by atoms with Crippen LogP contribution in [0.5, 0.6) is 0 Å². The van der Waals surface area contributed by atoms with Gasteiger partial charge < -0.3 is 15.5 Å². The summed E-state index contributed by atoms with van der Waals surface area (Å²) in [6, 6.07) is 0.797. The maximum Gasteiger partial charge on any atom is 0.0117 e. The van der Waals surface area contributed by atoms with Crippen LogP contribution in [-0.4, -0.2) is 56.1 Å². The number of nitrogens with zero attached hydrogens (tertiary/aromatic N) is 2. The molecule has 3 nitrogen and oxygen atoms in total. The normalized spacial score (nSPS) is 22.2. The van der Waals surface area contributed by atoms with Crippen LogP contribution < -0.4 is 5.73 Å². The molecule has 0 aromatic rings. The van der Waals surface area contributed by atoms with Gasteiger partial charge in [0.25, 0.3) is 0 Å². The zero-order valence-corrected chi connectivity index (χ0v) is 10.6. The summed E-state index contributed by atoms with van der Waals surface area (Å²) in [6.45, 7) is 6.76. The number of likely N-dealkylation sites (tertiary alicyclic amines) is 1. The fourth-order valence-electron chi connectivity index (χ4n) is 2.16. The molecule has 1 aliphatic rings. The minimum atomic E-state index is 0.665. The molecule has 1 rings (SSSR count). The standard InChI is InChI=1S/C12H27N3/c1-11(10-13)4-9-15(3)12-5-7-14(2)8-6-12/h11-12H,4-10,13H2,1-3H3. The Morgan fingerprint density at radius 2 is 2.00 bits per heavy atom. The van der Waals surface area contributed by atoms with Gasteiger partial charge in [-0.1, -0.05) is 6.92 Å². The molecule has 1 aliphatic heterocycles.